The number of rotatable bonds is 5. The van der Waals surface area contributed by atoms with E-state index in [1.807, 2.05) is 11.0 Å². The highest BCUT2D eigenvalue weighted by Crippen LogP contribution is 2.16. The molecule has 0 spiro atoms. The Bertz CT molecular complexity index is 413. The van der Waals surface area contributed by atoms with Gasteiger partial charge in [0.2, 0.25) is 0 Å². The minimum absolute atomic E-state index is 0.109. The summed E-state index contributed by atoms with van der Waals surface area (Å²) in [4.78, 5) is 17.5. The van der Waals surface area contributed by atoms with Crippen LogP contribution < -0.4 is 5.32 Å². The molecule has 1 aliphatic heterocycles. The van der Waals surface area contributed by atoms with Crippen molar-refractivity contribution in [2.75, 3.05) is 26.2 Å². The highest BCUT2D eigenvalue weighted by molar-refractivity contribution is 9.10. The van der Waals surface area contributed by atoms with Crippen LogP contribution in [-0.2, 0) is 0 Å². The number of aromatic nitrogens is 1. The second-order valence-electron chi connectivity index (χ2n) is 5.20. The molecule has 1 aliphatic rings. The molecule has 0 aliphatic carbocycles. The number of hydrogen-bond acceptors (Lipinski definition) is 2. The second-order valence-corrected chi connectivity index (χ2v) is 6.11. The molecule has 1 atom stereocenters. The van der Waals surface area contributed by atoms with E-state index in [-0.39, 0.29) is 5.91 Å². The van der Waals surface area contributed by atoms with E-state index in [1.54, 1.807) is 6.20 Å². The minimum Gasteiger partial charge on any atom is -0.356 e. The third-order valence-corrected chi connectivity index (χ3v) is 3.99. The molecule has 2 heterocycles. The van der Waals surface area contributed by atoms with Gasteiger partial charge in [0.15, 0.2) is 0 Å². The zero-order valence-corrected chi connectivity index (χ0v) is 13.0. The van der Waals surface area contributed by atoms with E-state index in [0.717, 1.165) is 37.1 Å². The highest BCUT2D eigenvalue weighted by Gasteiger charge is 2.22. The van der Waals surface area contributed by atoms with Crippen LogP contribution in [0.3, 0.4) is 0 Å². The molecule has 0 saturated carbocycles. The van der Waals surface area contributed by atoms with Crippen molar-refractivity contribution in [3.8, 4) is 0 Å². The topological polar surface area (TPSA) is 48.1 Å². The molecule has 2 N–H and O–H groups in total. The molecule has 0 aromatic carbocycles. The van der Waals surface area contributed by atoms with Crippen LogP contribution in [0.1, 0.15) is 36.7 Å². The van der Waals surface area contributed by atoms with Crippen LogP contribution in [0.25, 0.3) is 0 Å². The third-order valence-electron chi connectivity index (χ3n) is 3.54. The minimum atomic E-state index is 0.109. The monoisotopic (exact) mass is 327 g/mol. The van der Waals surface area contributed by atoms with Crippen molar-refractivity contribution < 1.29 is 4.79 Å². The Morgan fingerprint density at radius 3 is 3.00 bits per heavy atom. The van der Waals surface area contributed by atoms with Gasteiger partial charge >= 0.3 is 0 Å². The Morgan fingerprint density at radius 1 is 1.58 bits per heavy atom. The first-order valence-electron chi connectivity index (χ1n) is 7.04. The first-order valence-corrected chi connectivity index (χ1v) is 7.84. The van der Waals surface area contributed by atoms with E-state index in [0.29, 0.717) is 11.6 Å². The van der Waals surface area contributed by atoms with Gasteiger partial charge in [-0.1, -0.05) is 6.92 Å². The molecule has 19 heavy (non-hydrogen) atoms. The Labute approximate surface area is 123 Å². The van der Waals surface area contributed by atoms with E-state index >= 15 is 0 Å². The van der Waals surface area contributed by atoms with Crippen molar-refractivity contribution in [1.29, 1.82) is 0 Å². The van der Waals surface area contributed by atoms with Crippen molar-refractivity contribution in [2.24, 2.45) is 5.92 Å². The number of carbonyl (C=O) groups is 1. The van der Waals surface area contributed by atoms with Crippen molar-refractivity contribution in [1.82, 2.24) is 15.2 Å². The molecule has 0 radical (unpaired) electrons. The van der Waals surface area contributed by atoms with E-state index in [1.165, 1.54) is 12.8 Å². The normalized spacial score (nSPS) is 19.4. The fraction of sp³-hybridized carbons (Fsp3) is 0.643. The van der Waals surface area contributed by atoms with Crippen LogP contribution in [0, 0.1) is 5.92 Å². The van der Waals surface area contributed by atoms with E-state index < -0.39 is 0 Å². The van der Waals surface area contributed by atoms with Crippen LogP contribution in [0.4, 0.5) is 0 Å². The van der Waals surface area contributed by atoms with Crippen molar-refractivity contribution in [3.05, 3.63) is 22.4 Å². The van der Waals surface area contributed by atoms with Crippen LogP contribution >= 0.6 is 15.9 Å². The lowest BCUT2D eigenvalue weighted by molar-refractivity contribution is 0.0713. The standard InChI is InChI=1S/C14H22BrN3O/c1-2-6-18(10-11-4-3-5-16-8-11)14(19)13-7-12(15)9-17-13/h7,9,11,16-17H,2-6,8,10H2,1H3. The zero-order valence-electron chi connectivity index (χ0n) is 11.4. The van der Waals surface area contributed by atoms with Gasteiger partial charge in [0.05, 0.1) is 0 Å². The van der Waals surface area contributed by atoms with Gasteiger partial charge in [-0.2, -0.15) is 0 Å². The summed E-state index contributed by atoms with van der Waals surface area (Å²) in [6.07, 6.45) is 5.23. The van der Waals surface area contributed by atoms with Crippen LogP contribution in [-0.4, -0.2) is 42.0 Å². The lowest BCUT2D eigenvalue weighted by Crippen LogP contribution is -2.41. The van der Waals surface area contributed by atoms with Crippen LogP contribution in [0.15, 0.2) is 16.7 Å². The SMILES string of the molecule is CCCN(CC1CCCNC1)C(=O)c1cc(Br)c[nH]1. The number of nitrogens with one attached hydrogen (secondary N) is 2. The van der Waals surface area contributed by atoms with Crippen molar-refractivity contribution >= 4 is 21.8 Å². The summed E-state index contributed by atoms with van der Waals surface area (Å²) in [5, 5.41) is 3.41. The van der Waals surface area contributed by atoms with Gasteiger partial charge in [0, 0.05) is 23.8 Å². The predicted molar refractivity (Wildman–Crippen MR) is 80.3 cm³/mol. The van der Waals surface area contributed by atoms with E-state index in [9.17, 15) is 4.79 Å². The van der Waals surface area contributed by atoms with Crippen LogP contribution in [0.2, 0.25) is 0 Å². The summed E-state index contributed by atoms with van der Waals surface area (Å²) in [5.41, 5.74) is 0.670. The largest absolute Gasteiger partial charge is 0.356 e. The quantitative estimate of drug-likeness (QED) is 0.873. The first-order chi connectivity index (χ1) is 9.20. The lowest BCUT2D eigenvalue weighted by Gasteiger charge is -2.29. The van der Waals surface area contributed by atoms with Gasteiger partial charge in [-0.15, -0.1) is 0 Å². The number of H-pyrrole nitrogens is 1. The molecule has 0 bridgehead atoms. The summed E-state index contributed by atoms with van der Waals surface area (Å²) in [7, 11) is 0. The summed E-state index contributed by atoms with van der Waals surface area (Å²) >= 11 is 3.38. The molecule has 1 fully saturated rings. The maximum atomic E-state index is 12.5. The molecule has 1 saturated heterocycles. The fourth-order valence-electron chi connectivity index (χ4n) is 2.60. The maximum Gasteiger partial charge on any atom is 0.270 e. The Kier molecular flexibility index (Phi) is 5.45. The van der Waals surface area contributed by atoms with Gasteiger partial charge < -0.3 is 15.2 Å². The average molecular weight is 328 g/mol. The molecule has 1 aromatic heterocycles. The molecule has 4 nitrogen and oxygen atoms in total. The van der Waals surface area contributed by atoms with Gasteiger partial charge in [0.1, 0.15) is 5.69 Å². The molecule has 2 rings (SSSR count). The number of hydrogen-bond donors (Lipinski definition) is 2. The van der Waals surface area contributed by atoms with Gasteiger partial charge in [0.25, 0.3) is 5.91 Å². The first kappa shape index (κ1) is 14.6. The summed E-state index contributed by atoms with van der Waals surface area (Å²) in [5.74, 6) is 0.695. The third kappa shape index (κ3) is 4.08. The van der Waals surface area contributed by atoms with Gasteiger partial charge in [-0.05, 0) is 60.3 Å². The molecule has 1 unspecified atom stereocenters. The van der Waals surface area contributed by atoms with E-state index in [2.05, 4.69) is 33.2 Å². The maximum absolute atomic E-state index is 12.5. The number of amides is 1. The zero-order chi connectivity index (χ0) is 13.7. The molecule has 1 amide bonds. The van der Waals surface area contributed by atoms with Gasteiger partial charge in [-0.25, -0.2) is 0 Å². The molecular formula is C14H22BrN3O. The average Bonchev–Trinajstić information content (AvgIpc) is 2.85. The fourth-order valence-corrected chi connectivity index (χ4v) is 2.94. The smallest absolute Gasteiger partial charge is 0.270 e. The number of piperidine rings is 1. The van der Waals surface area contributed by atoms with Crippen LogP contribution in [0.5, 0.6) is 0 Å². The summed E-state index contributed by atoms with van der Waals surface area (Å²) < 4.78 is 0.923. The second kappa shape index (κ2) is 7.10. The number of aromatic amines is 1. The number of halogens is 1. The molecule has 1 aromatic rings. The number of carbonyl (C=O) groups excluding carboxylic acids is 1. The Balaban J connectivity index is 1.99. The van der Waals surface area contributed by atoms with Crippen molar-refractivity contribution in [2.45, 2.75) is 26.2 Å². The highest BCUT2D eigenvalue weighted by atomic mass is 79.9. The predicted octanol–water partition coefficient (Wildman–Crippen LogP) is 2.63. The molecule has 106 valence electrons. The number of nitrogens with zero attached hydrogens (tertiary/aromatic N) is 1. The summed E-state index contributed by atoms with van der Waals surface area (Å²) in [6, 6.07) is 1.85. The molecule has 5 heteroatoms. The van der Waals surface area contributed by atoms with Gasteiger partial charge in [-0.3, -0.25) is 4.79 Å². The Morgan fingerprint density at radius 2 is 2.42 bits per heavy atom. The Hall–Kier alpha value is -0.810. The van der Waals surface area contributed by atoms with Crippen molar-refractivity contribution in [3.63, 3.8) is 0 Å². The summed E-state index contributed by atoms with van der Waals surface area (Å²) in [6.45, 7) is 5.94. The van der Waals surface area contributed by atoms with E-state index in [4.69, 9.17) is 0 Å². The molecular weight excluding hydrogens is 306 g/mol. The lowest BCUT2D eigenvalue weighted by atomic mass is 9.99.